The number of likely N-dealkylation sites (tertiary alicyclic amines) is 1. The number of carbonyl (C=O) groups is 1. The van der Waals surface area contributed by atoms with E-state index in [1.165, 1.54) is 18.4 Å². The van der Waals surface area contributed by atoms with E-state index in [-0.39, 0.29) is 11.9 Å². The molecule has 1 amide bonds. The van der Waals surface area contributed by atoms with Gasteiger partial charge in [-0.15, -0.1) is 0 Å². The van der Waals surface area contributed by atoms with E-state index in [1.807, 2.05) is 6.07 Å². The number of nitrogens with one attached hydrogen (secondary N) is 1. The van der Waals surface area contributed by atoms with E-state index in [0.717, 1.165) is 19.5 Å². The molecule has 29 heavy (non-hydrogen) atoms. The molecule has 1 unspecified atom stereocenters. The molecule has 6 nitrogen and oxygen atoms in total. The van der Waals surface area contributed by atoms with Gasteiger partial charge in [0, 0.05) is 18.2 Å². The van der Waals surface area contributed by atoms with Crippen molar-refractivity contribution in [2.24, 2.45) is 0 Å². The third-order valence-corrected chi connectivity index (χ3v) is 5.40. The molecule has 1 fully saturated rings. The first-order valence-electron chi connectivity index (χ1n) is 10.0. The maximum atomic E-state index is 12.9. The van der Waals surface area contributed by atoms with Crippen molar-refractivity contribution >= 4 is 5.91 Å². The Hall–Kier alpha value is -2.73. The standard InChI is InChI=1S/C23H30N2O4/c1-27-20-14-18(15-21(28-2)22(20)29-3)23(26)24-16-19(25-11-7-8-12-25)13-17-9-5-4-6-10-17/h4-6,9-10,14-15,19H,7-8,11-13,16H2,1-3H3,(H,24,26). The van der Waals surface area contributed by atoms with Crippen LogP contribution in [-0.4, -0.2) is 57.8 Å². The Morgan fingerprint density at radius 1 is 1.00 bits per heavy atom. The predicted molar refractivity (Wildman–Crippen MR) is 113 cm³/mol. The van der Waals surface area contributed by atoms with Crippen molar-refractivity contribution in [1.29, 1.82) is 0 Å². The molecule has 1 saturated heterocycles. The first-order chi connectivity index (χ1) is 14.2. The van der Waals surface area contributed by atoms with Crippen LogP contribution >= 0.6 is 0 Å². The topological polar surface area (TPSA) is 60.0 Å². The average Bonchev–Trinajstić information content (AvgIpc) is 3.30. The maximum Gasteiger partial charge on any atom is 0.251 e. The van der Waals surface area contributed by atoms with E-state index in [2.05, 4.69) is 34.5 Å². The normalized spacial score (nSPS) is 15.0. The average molecular weight is 399 g/mol. The Morgan fingerprint density at radius 2 is 1.62 bits per heavy atom. The van der Waals surface area contributed by atoms with Gasteiger partial charge in [0.15, 0.2) is 11.5 Å². The summed E-state index contributed by atoms with van der Waals surface area (Å²) in [5, 5.41) is 3.10. The Labute approximate surface area is 172 Å². The third-order valence-electron chi connectivity index (χ3n) is 5.40. The molecule has 2 aromatic carbocycles. The fourth-order valence-corrected chi connectivity index (χ4v) is 3.85. The van der Waals surface area contributed by atoms with Gasteiger partial charge in [-0.05, 0) is 50.0 Å². The molecule has 0 aliphatic carbocycles. The highest BCUT2D eigenvalue weighted by Crippen LogP contribution is 2.38. The highest BCUT2D eigenvalue weighted by molar-refractivity contribution is 5.95. The van der Waals surface area contributed by atoms with Crippen LogP contribution in [-0.2, 0) is 6.42 Å². The van der Waals surface area contributed by atoms with E-state index >= 15 is 0 Å². The van der Waals surface area contributed by atoms with E-state index in [4.69, 9.17) is 14.2 Å². The number of benzene rings is 2. The summed E-state index contributed by atoms with van der Waals surface area (Å²) in [5.74, 6) is 1.27. The number of ether oxygens (including phenoxy) is 3. The molecular weight excluding hydrogens is 368 g/mol. The third kappa shape index (κ3) is 5.21. The first kappa shape index (κ1) is 21.0. The molecule has 0 radical (unpaired) electrons. The fraction of sp³-hybridized carbons (Fsp3) is 0.435. The Balaban J connectivity index is 1.72. The second-order valence-electron chi connectivity index (χ2n) is 7.21. The second-order valence-corrected chi connectivity index (χ2v) is 7.21. The van der Waals surface area contributed by atoms with E-state index in [9.17, 15) is 4.79 Å². The van der Waals surface area contributed by atoms with Crippen LogP contribution in [0.15, 0.2) is 42.5 Å². The van der Waals surface area contributed by atoms with Crippen LogP contribution in [0.1, 0.15) is 28.8 Å². The Kier molecular flexibility index (Phi) is 7.36. The van der Waals surface area contributed by atoms with Crippen LogP contribution in [0.25, 0.3) is 0 Å². The smallest absolute Gasteiger partial charge is 0.251 e. The quantitative estimate of drug-likeness (QED) is 0.703. The summed E-state index contributed by atoms with van der Waals surface area (Å²) in [6, 6.07) is 14.1. The molecule has 2 aromatic rings. The molecule has 6 heteroatoms. The van der Waals surface area contributed by atoms with Crippen molar-refractivity contribution in [2.75, 3.05) is 41.0 Å². The van der Waals surface area contributed by atoms with E-state index in [1.54, 1.807) is 33.5 Å². The van der Waals surface area contributed by atoms with Gasteiger partial charge in [0.1, 0.15) is 0 Å². The summed E-state index contributed by atoms with van der Waals surface area (Å²) in [5.41, 5.74) is 1.77. The SMILES string of the molecule is COc1cc(C(=O)NCC(Cc2ccccc2)N2CCCC2)cc(OC)c1OC. The molecule has 0 aromatic heterocycles. The molecule has 156 valence electrons. The number of methoxy groups -OCH3 is 3. The number of hydrogen-bond acceptors (Lipinski definition) is 5. The van der Waals surface area contributed by atoms with Crippen LogP contribution in [0.5, 0.6) is 17.2 Å². The zero-order valence-corrected chi connectivity index (χ0v) is 17.4. The molecule has 1 N–H and O–H groups in total. The van der Waals surface area contributed by atoms with Crippen LogP contribution in [0.2, 0.25) is 0 Å². The summed E-state index contributed by atoms with van der Waals surface area (Å²) in [4.78, 5) is 15.3. The molecule has 1 heterocycles. The van der Waals surface area contributed by atoms with Gasteiger partial charge in [-0.2, -0.15) is 0 Å². The molecule has 0 spiro atoms. The van der Waals surface area contributed by atoms with Crippen molar-refractivity contribution in [3.8, 4) is 17.2 Å². The van der Waals surface area contributed by atoms with Crippen LogP contribution in [0.3, 0.4) is 0 Å². The van der Waals surface area contributed by atoms with E-state index < -0.39 is 0 Å². The van der Waals surface area contributed by atoms with Crippen LogP contribution in [0.4, 0.5) is 0 Å². The lowest BCUT2D eigenvalue weighted by atomic mass is 10.0. The first-order valence-corrected chi connectivity index (χ1v) is 10.0. The van der Waals surface area contributed by atoms with Crippen molar-refractivity contribution in [1.82, 2.24) is 10.2 Å². The lowest BCUT2D eigenvalue weighted by molar-refractivity contribution is 0.0937. The van der Waals surface area contributed by atoms with Gasteiger partial charge in [-0.25, -0.2) is 0 Å². The number of rotatable bonds is 9. The number of nitrogens with zero attached hydrogens (tertiary/aromatic N) is 1. The fourth-order valence-electron chi connectivity index (χ4n) is 3.85. The lowest BCUT2D eigenvalue weighted by Crippen LogP contribution is -2.44. The zero-order chi connectivity index (χ0) is 20.6. The van der Waals surface area contributed by atoms with Crippen LogP contribution < -0.4 is 19.5 Å². The van der Waals surface area contributed by atoms with Crippen molar-refractivity contribution in [3.63, 3.8) is 0 Å². The van der Waals surface area contributed by atoms with Crippen molar-refractivity contribution in [3.05, 3.63) is 53.6 Å². The van der Waals surface area contributed by atoms with Gasteiger partial charge in [-0.3, -0.25) is 9.69 Å². The zero-order valence-electron chi connectivity index (χ0n) is 17.4. The molecular formula is C23H30N2O4. The summed E-state index contributed by atoms with van der Waals surface area (Å²) in [6.07, 6.45) is 3.34. The van der Waals surface area contributed by atoms with Gasteiger partial charge in [0.05, 0.1) is 21.3 Å². The van der Waals surface area contributed by atoms with Crippen molar-refractivity contribution < 1.29 is 19.0 Å². The van der Waals surface area contributed by atoms with Gasteiger partial charge in [0.2, 0.25) is 5.75 Å². The monoisotopic (exact) mass is 398 g/mol. The molecule has 0 bridgehead atoms. The molecule has 1 aliphatic heterocycles. The second kappa shape index (κ2) is 10.2. The molecule has 1 aliphatic rings. The summed E-state index contributed by atoms with van der Waals surface area (Å²) in [7, 11) is 4.63. The van der Waals surface area contributed by atoms with Crippen LogP contribution in [0, 0.1) is 0 Å². The number of amides is 1. The predicted octanol–water partition coefficient (Wildman–Crippen LogP) is 3.15. The van der Waals surface area contributed by atoms with Gasteiger partial charge in [-0.1, -0.05) is 30.3 Å². The largest absolute Gasteiger partial charge is 0.493 e. The number of carbonyl (C=O) groups excluding carboxylic acids is 1. The molecule has 0 saturated carbocycles. The molecule has 1 atom stereocenters. The maximum absolute atomic E-state index is 12.9. The highest BCUT2D eigenvalue weighted by Gasteiger charge is 2.23. The van der Waals surface area contributed by atoms with E-state index in [0.29, 0.717) is 29.4 Å². The van der Waals surface area contributed by atoms with Crippen molar-refractivity contribution in [2.45, 2.75) is 25.3 Å². The summed E-state index contributed by atoms with van der Waals surface area (Å²) < 4.78 is 16.1. The summed E-state index contributed by atoms with van der Waals surface area (Å²) in [6.45, 7) is 2.75. The summed E-state index contributed by atoms with van der Waals surface area (Å²) >= 11 is 0. The van der Waals surface area contributed by atoms with Gasteiger partial charge >= 0.3 is 0 Å². The minimum atomic E-state index is -0.151. The minimum absolute atomic E-state index is 0.151. The molecule has 3 rings (SSSR count). The Bertz CT molecular complexity index is 779. The Morgan fingerprint density at radius 3 is 2.17 bits per heavy atom. The van der Waals surface area contributed by atoms with Gasteiger partial charge in [0.25, 0.3) is 5.91 Å². The highest BCUT2D eigenvalue weighted by atomic mass is 16.5. The van der Waals surface area contributed by atoms with Gasteiger partial charge < -0.3 is 19.5 Å². The lowest BCUT2D eigenvalue weighted by Gasteiger charge is -2.28. The number of hydrogen-bond donors (Lipinski definition) is 1. The minimum Gasteiger partial charge on any atom is -0.493 e.